The number of aromatic hydroxyl groups is 1. The molecular weight excluding hydrogens is 392 g/mol. The van der Waals surface area contributed by atoms with Gasteiger partial charge in [-0.2, -0.15) is 10.2 Å². The van der Waals surface area contributed by atoms with E-state index in [0.717, 1.165) is 16.5 Å². The van der Waals surface area contributed by atoms with Crippen molar-refractivity contribution in [2.24, 2.45) is 7.05 Å². The number of halogens is 1. The number of rotatable bonds is 5. The Morgan fingerprint density at radius 1 is 1.22 bits per heavy atom. The molecule has 10 heteroatoms. The molecule has 27 heavy (non-hydrogen) atoms. The van der Waals surface area contributed by atoms with Crippen LogP contribution in [0.2, 0.25) is 5.02 Å². The summed E-state index contributed by atoms with van der Waals surface area (Å²) < 4.78 is 27.1. The molecule has 2 heterocycles. The van der Waals surface area contributed by atoms with Crippen molar-refractivity contribution >= 4 is 27.2 Å². The number of carbonyl (C=O) groups excluding carboxylic acids is 1. The van der Waals surface area contributed by atoms with Gasteiger partial charge in [0.1, 0.15) is 5.56 Å². The van der Waals surface area contributed by atoms with E-state index in [1.165, 1.54) is 25.4 Å². The van der Waals surface area contributed by atoms with Gasteiger partial charge in [0.05, 0.1) is 28.9 Å². The molecule has 0 saturated heterocycles. The van der Waals surface area contributed by atoms with Crippen LogP contribution >= 0.6 is 11.6 Å². The highest BCUT2D eigenvalue weighted by Crippen LogP contribution is 2.31. The van der Waals surface area contributed by atoms with Crippen molar-refractivity contribution < 1.29 is 18.3 Å². The van der Waals surface area contributed by atoms with Crippen LogP contribution < -0.4 is 0 Å². The molecule has 3 aromatic rings. The molecule has 3 rings (SSSR count). The van der Waals surface area contributed by atoms with Crippen LogP contribution in [0.4, 0.5) is 0 Å². The van der Waals surface area contributed by atoms with Crippen LogP contribution in [-0.4, -0.2) is 45.1 Å². The number of ketones is 1. The second kappa shape index (κ2) is 6.82. The first-order chi connectivity index (χ1) is 12.6. The van der Waals surface area contributed by atoms with Gasteiger partial charge in [-0.3, -0.25) is 9.48 Å². The highest BCUT2D eigenvalue weighted by atomic mass is 35.5. The minimum absolute atomic E-state index is 0.000619. The summed E-state index contributed by atoms with van der Waals surface area (Å²) in [7, 11) is -2.09. The van der Waals surface area contributed by atoms with E-state index >= 15 is 0 Å². The first kappa shape index (κ1) is 19.1. The number of benzene rings is 1. The molecular formula is C17H17ClN4O4S. The van der Waals surface area contributed by atoms with E-state index in [1.807, 2.05) is 6.92 Å². The van der Waals surface area contributed by atoms with Gasteiger partial charge in [-0.1, -0.05) is 11.6 Å². The number of hydrogen-bond acceptors (Lipinski definition) is 6. The minimum Gasteiger partial charge on any atom is -0.493 e. The summed E-state index contributed by atoms with van der Waals surface area (Å²) >= 11 is 6.45. The molecule has 0 aliphatic heterocycles. The lowest BCUT2D eigenvalue weighted by molar-refractivity contribution is 0.103. The predicted molar refractivity (Wildman–Crippen MR) is 98.9 cm³/mol. The second-order valence-electron chi connectivity index (χ2n) is 6.23. The number of aryl methyl sites for hydroxylation is 2. The Morgan fingerprint density at radius 3 is 2.44 bits per heavy atom. The average Bonchev–Trinajstić information content (AvgIpc) is 3.14. The van der Waals surface area contributed by atoms with E-state index in [2.05, 4.69) is 10.2 Å². The first-order valence-electron chi connectivity index (χ1n) is 7.85. The molecule has 0 fully saturated rings. The second-order valence-corrected chi connectivity index (χ2v) is 8.59. The summed E-state index contributed by atoms with van der Waals surface area (Å²) in [6.45, 7) is 1.93. The lowest BCUT2D eigenvalue weighted by Crippen LogP contribution is -2.12. The van der Waals surface area contributed by atoms with E-state index in [-0.39, 0.29) is 39.0 Å². The fraction of sp³-hybridized carbons (Fsp3) is 0.235. The summed E-state index contributed by atoms with van der Waals surface area (Å²) in [6.07, 6.45) is 5.68. The van der Waals surface area contributed by atoms with Gasteiger partial charge in [0.15, 0.2) is 9.84 Å². The van der Waals surface area contributed by atoms with Gasteiger partial charge in [0.25, 0.3) is 0 Å². The summed E-state index contributed by atoms with van der Waals surface area (Å²) in [4.78, 5) is 12.8. The molecule has 0 saturated carbocycles. The topological polar surface area (TPSA) is 107 Å². The lowest BCUT2D eigenvalue weighted by Gasteiger charge is -2.13. The summed E-state index contributed by atoms with van der Waals surface area (Å²) in [6, 6.07) is 2.68. The van der Waals surface area contributed by atoms with E-state index in [9.17, 15) is 18.3 Å². The summed E-state index contributed by atoms with van der Waals surface area (Å²) in [5.74, 6) is -0.851. The Bertz CT molecular complexity index is 1150. The Balaban J connectivity index is 2.16. The molecule has 8 nitrogen and oxygen atoms in total. The molecule has 0 unspecified atom stereocenters. The van der Waals surface area contributed by atoms with Gasteiger partial charge in [-0.15, -0.1) is 0 Å². The van der Waals surface area contributed by atoms with E-state index in [1.54, 1.807) is 17.1 Å². The fourth-order valence-electron chi connectivity index (χ4n) is 2.73. The van der Waals surface area contributed by atoms with Gasteiger partial charge in [0.2, 0.25) is 11.7 Å². The molecule has 0 aliphatic carbocycles. The van der Waals surface area contributed by atoms with Crippen LogP contribution in [0.15, 0.2) is 35.6 Å². The zero-order chi connectivity index (χ0) is 19.9. The minimum atomic E-state index is -3.58. The highest BCUT2D eigenvalue weighted by molar-refractivity contribution is 7.90. The van der Waals surface area contributed by atoms with Gasteiger partial charge in [-0.05, 0) is 24.6 Å². The Kier molecular flexibility index (Phi) is 4.83. The molecule has 142 valence electrons. The third-order valence-corrected chi connectivity index (χ3v) is 5.69. The Labute approximate surface area is 160 Å². The van der Waals surface area contributed by atoms with Crippen LogP contribution in [-0.2, 0) is 23.4 Å². The van der Waals surface area contributed by atoms with Crippen molar-refractivity contribution in [2.75, 3.05) is 6.26 Å². The third-order valence-electron chi connectivity index (χ3n) is 4.08. The van der Waals surface area contributed by atoms with Crippen molar-refractivity contribution in [3.05, 3.63) is 58.0 Å². The molecule has 1 N–H and O–H groups in total. The van der Waals surface area contributed by atoms with Gasteiger partial charge < -0.3 is 5.11 Å². The monoisotopic (exact) mass is 408 g/mol. The van der Waals surface area contributed by atoms with Crippen molar-refractivity contribution in [1.82, 2.24) is 19.6 Å². The van der Waals surface area contributed by atoms with Crippen LogP contribution in [0.1, 0.15) is 27.0 Å². The van der Waals surface area contributed by atoms with E-state index in [0.29, 0.717) is 0 Å². The molecule has 0 atom stereocenters. The van der Waals surface area contributed by atoms with E-state index < -0.39 is 15.6 Å². The molecule has 0 bridgehead atoms. The standard InChI is InChI=1S/C17H17ClN4O4S/c1-10-6-20-22(8-10)9-13-14(27(3,25)26)5-4-11(15(13)18)16(23)12-7-19-21(2)17(12)24/h4-8,24H,9H2,1-3H3. The summed E-state index contributed by atoms with van der Waals surface area (Å²) in [5, 5.41) is 18.0. The largest absolute Gasteiger partial charge is 0.493 e. The predicted octanol–water partition coefficient (Wildman–Crippen LogP) is 1.97. The number of sulfone groups is 1. The SMILES string of the molecule is Cc1cnn(Cc2c(S(C)(=O)=O)ccc(C(=O)c3cnn(C)c3O)c2Cl)c1. The number of nitrogens with zero attached hydrogens (tertiary/aromatic N) is 4. The molecule has 0 spiro atoms. The summed E-state index contributed by atoms with van der Waals surface area (Å²) in [5.41, 5.74) is 1.22. The molecule has 2 aromatic heterocycles. The zero-order valence-corrected chi connectivity index (χ0v) is 16.4. The maximum Gasteiger partial charge on any atom is 0.220 e. The van der Waals surface area contributed by atoms with Crippen LogP contribution in [0.3, 0.4) is 0 Å². The Morgan fingerprint density at radius 2 is 1.93 bits per heavy atom. The van der Waals surface area contributed by atoms with Gasteiger partial charge >= 0.3 is 0 Å². The van der Waals surface area contributed by atoms with Crippen molar-refractivity contribution in [3.8, 4) is 5.88 Å². The van der Waals surface area contributed by atoms with E-state index in [4.69, 9.17) is 11.6 Å². The average molecular weight is 409 g/mol. The maximum atomic E-state index is 12.8. The zero-order valence-electron chi connectivity index (χ0n) is 14.8. The third kappa shape index (κ3) is 3.60. The lowest BCUT2D eigenvalue weighted by atomic mass is 10.0. The first-order valence-corrected chi connectivity index (χ1v) is 10.1. The maximum absolute atomic E-state index is 12.8. The quantitative estimate of drug-likeness (QED) is 0.647. The van der Waals surface area contributed by atoms with Crippen molar-refractivity contribution in [1.29, 1.82) is 0 Å². The molecule has 0 aliphatic rings. The highest BCUT2D eigenvalue weighted by Gasteiger charge is 2.25. The van der Waals surface area contributed by atoms with Gasteiger partial charge in [-0.25, -0.2) is 13.1 Å². The molecule has 1 aromatic carbocycles. The number of aromatic nitrogens is 4. The smallest absolute Gasteiger partial charge is 0.220 e. The fourth-order valence-corrected chi connectivity index (χ4v) is 4.02. The molecule has 0 radical (unpaired) electrons. The van der Waals surface area contributed by atoms with Gasteiger partial charge in [0, 0.05) is 30.6 Å². The van der Waals surface area contributed by atoms with Crippen LogP contribution in [0.5, 0.6) is 5.88 Å². The van der Waals surface area contributed by atoms with Crippen LogP contribution in [0, 0.1) is 6.92 Å². The number of carbonyl (C=O) groups is 1. The van der Waals surface area contributed by atoms with Crippen molar-refractivity contribution in [2.45, 2.75) is 18.4 Å². The van der Waals surface area contributed by atoms with Crippen molar-refractivity contribution in [3.63, 3.8) is 0 Å². The molecule has 0 amide bonds. The Hall–Kier alpha value is -2.65. The van der Waals surface area contributed by atoms with Crippen LogP contribution in [0.25, 0.3) is 0 Å². The number of hydrogen-bond donors (Lipinski definition) is 1. The normalized spacial score (nSPS) is 11.7.